The van der Waals surface area contributed by atoms with E-state index in [1.54, 1.807) is 36.4 Å². The SMILES string of the molecule is Cc1ccc(N(C(CC(=O)O)c2ccccc2)S(=O)O)cc1. The fourth-order valence-corrected chi connectivity index (χ4v) is 2.96. The van der Waals surface area contributed by atoms with E-state index in [4.69, 9.17) is 5.11 Å². The molecular weight excluding hydrogens is 302 g/mol. The lowest BCUT2D eigenvalue weighted by Gasteiger charge is -2.29. The zero-order valence-corrected chi connectivity index (χ0v) is 12.9. The first-order valence-electron chi connectivity index (χ1n) is 6.72. The normalized spacial score (nSPS) is 13.4. The van der Waals surface area contributed by atoms with Gasteiger partial charge in [-0.05, 0) is 24.6 Å². The quantitative estimate of drug-likeness (QED) is 0.802. The summed E-state index contributed by atoms with van der Waals surface area (Å²) in [5.41, 5.74) is 2.19. The van der Waals surface area contributed by atoms with Crippen LogP contribution in [0.5, 0.6) is 0 Å². The molecule has 0 spiro atoms. The van der Waals surface area contributed by atoms with Crippen molar-refractivity contribution in [1.82, 2.24) is 0 Å². The molecule has 0 saturated carbocycles. The molecule has 2 aromatic rings. The minimum Gasteiger partial charge on any atom is -0.481 e. The molecule has 0 aromatic heterocycles. The van der Waals surface area contributed by atoms with Crippen LogP contribution < -0.4 is 4.31 Å². The molecule has 0 saturated heterocycles. The lowest BCUT2D eigenvalue weighted by Crippen LogP contribution is -2.32. The monoisotopic (exact) mass is 319 g/mol. The number of carboxylic acid groups (broad SMARTS) is 1. The summed E-state index contributed by atoms with van der Waals surface area (Å²) in [5, 5.41) is 9.16. The third-order valence-electron chi connectivity index (χ3n) is 3.29. The van der Waals surface area contributed by atoms with Gasteiger partial charge in [0.05, 0.1) is 18.2 Å². The maximum Gasteiger partial charge on any atom is 0.305 e. The van der Waals surface area contributed by atoms with Gasteiger partial charge in [0.1, 0.15) is 0 Å². The number of hydrogen-bond donors (Lipinski definition) is 2. The van der Waals surface area contributed by atoms with Crippen LogP contribution in [0.2, 0.25) is 0 Å². The number of carboxylic acids is 1. The highest BCUT2D eigenvalue weighted by Crippen LogP contribution is 2.31. The van der Waals surface area contributed by atoms with Crippen molar-refractivity contribution in [3.05, 3.63) is 65.7 Å². The van der Waals surface area contributed by atoms with Gasteiger partial charge in [-0.15, -0.1) is 0 Å². The largest absolute Gasteiger partial charge is 0.481 e. The van der Waals surface area contributed by atoms with E-state index in [-0.39, 0.29) is 6.42 Å². The number of benzene rings is 2. The van der Waals surface area contributed by atoms with Gasteiger partial charge in [-0.1, -0.05) is 48.0 Å². The Labute approximate surface area is 131 Å². The Morgan fingerprint density at radius 1 is 1.14 bits per heavy atom. The lowest BCUT2D eigenvalue weighted by atomic mass is 10.0. The molecule has 0 heterocycles. The van der Waals surface area contributed by atoms with E-state index in [2.05, 4.69) is 0 Å². The Morgan fingerprint density at radius 2 is 1.73 bits per heavy atom. The molecule has 0 radical (unpaired) electrons. The maximum absolute atomic E-state index is 11.8. The molecule has 0 bridgehead atoms. The summed E-state index contributed by atoms with van der Waals surface area (Å²) in [5.74, 6) is -1.03. The molecule has 0 aliphatic rings. The average Bonchev–Trinajstić information content (AvgIpc) is 2.49. The van der Waals surface area contributed by atoms with Crippen LogP contribution >= 0.6 is 0 Å². The number of nitrogens with zero attached hydrogens (tertiary/aromatic N) is 1. The fraction of sp³-hybridized carbons (Fsp3) is 0.188. The third kappa shape index (κ3) is 3.93. The van der Waals surface area contributed by atoms with Gasteiger partial charge < -0.3 is 5.11 Å². The minimum atomic E-state index is -2.34. The van der Waals surface area contributed by atoms with Crippen LogP contribution in [0, 0.1) is 6.92 Å². The second kappa shape index (κ2) is 7.20. The van der Waals surface area contributed by atoms with Crippen LogP contribution in [0.4, 0.5) is 5.69 Å². The van der Waals surface area contributed by atoms with Crippen LogP contribution in [-0.2, 0) is 16.1 Å². The number of hydrogen-bond acceptors (Lipinski definition) is 2. The second-order valence-electron chi connectivity index (χ2n) is 4.92. The summed E-state index contributed by atoms with van der Waals surface area (Å²) in [7, 11) is 0. The number of aryl methyl sites for hydroxylation is 1. The first kappa shape index (κ1) is 16.2. The topological polar surface area (TPSA) is 77.8 Å². The van der Waals surface area contributed by atoms with Crippen molar-refractivity contribution < 1.29 is 18.7 Å². The summed E-state index contributed by atoms with van der Waals surface area (Å²) in [4.78, 5) is 11.2. The Kier molecular flexibility index (Phi) is 5.30. The van der Waals surface area contributed by atoms with Crippen molar-refractivity contribution in [3.63, 3.8) is 0 Å². The molecule has 116 valence electrons. The highest BCUT2D eigenvalue weighted by Gasteiger charge is 2.27. The molecular formula is C16H17NO4S. The predicted molar refractivity (Wildman–Crippen MR) is 85.9 cm³/mol. The Morgan fingerprint density at radius 3 is 2.23 bits per heavy atom. The fourth-order valence-electron chi connectivity index (χ4n) is 2.25. The zero-order chi connectivity index (χ0) is 16.1. The predicted octanol–water partition coefficient (Wildman–Crippen LogP) is 3.15. The summed E-state index contributed by atoms with van der Waals surface area (Å²) in [6.07, 6.45) is -0.274. The molecule has 6 heteroatoms. The summed E-state index contributed by atoms with van der Waals surface area (Å²) in [6.45, 7) is 1.91. The molecule has 2 N–H and O–H groups in total. The van der Waals surface area contributed by atoms with Crippen LogP contribution in [0.25, 0.3) is 0 Å². The highest BCUT2D eigenvalue weighted by atomic mass is 32.2. The van der Waals surface area contributed by atoms with Crippen LogP contribution in [0.1, 0.15) is 23.6 Å². The van der Waals surface area contributed by atoms with Gasteiger partial charge in [-0.2, -0.15) is 0 Å². The highest BCUT2D eigenvalue weighted by molar-refractivity contribution is 7.80. The van der Waals surface area contributed by atoms with Gasteiger partial charge >= 0.3 is 5.97 Å². The smallest absolute Gasteiger partial charge is 0.305 e. The van der Waals surface area contributed by atoms with E-state index in [0.717, 1.165) is 5.56 Å². The van der Waals surface area contributed by atoms with E-state index < -0.39 is 23.3 Å². The van der Waals surface area contributed by atoms with Crippen molar-refractivity contribution in [3.8, 4) is 0 Å². The Balaban J connectivity index is 2.47. The second-order valence-corrected chi connectivity index (χ2v) is 5.77. The number of carbonyl (C=O) groups is 1. The Hall–Kier alpha value is -2.18. The minimum absolute atomic E-state index is 0.274. The van der Waals surface area contributed by atoms with Crippen molar-refractivity contribution in [1.29, 1.82) is 0 Å². The van der Waals surface area contributed by atoms with Crippen molar-refractivity contribution in [2.45, 2.75) is 19.4 Å². The average molecular weight is 319 g/mol. The van der Waals surface area contributed by atoms with Crippen molar-refractivity contribution in [2.75, 3.05) is 4.31 Å². The molecule has 0 fully saturated rings. The molecule has 0 aliphatic carbocycles. The molecule has 0 aliphatic heterocycles. The summed E-state index contributed by atoms with van der Waals surface area (Å²) >= 11 is -2.34. The molecule has 5 nitrogen and oxygen atoms in total. The Bertz CT molecular complexity index is 658. The lowest BCUT2D eigenvalue weighted by molar-refractivity contribution is -0.137. The molecule has 2 atom stereocenters. The molecule has 2 unspecified atom stereocenters. The van der Waals surface area contributed by atoms with Gasteiger partial charge in [-0.25, -0.2) is 4.21 Å². The standard InChI is InChI=1S/C16H17NO4S/c1-12-7-9-14(10-8-12)17(22(20)21)15(11-16(18)19)13-5-3-2-4-6-13/h2-10,15H,11H2,1H3,(H,18,19)(H,20,21). The maximum atomic E-state index is 11.8. The molecule has 2 aromatic carbocycles. The molecule has 2 rings (SSSR count). The van der Waals surface area contributed by atoms with E-state index >= 15 is 0 Å². The van der Waals surface area contributed by atoms with Gasteiger partial charge in [0.2, 0.25) is 0 Å². The first-order chi connectivity index (χ1) is 10.5. The van der Waals surface area contributed by atoms with Crippen LogP contribution in [0.15, 0.2) is 54.6 Å². The molecule has 22 heavy (non-hydrogen) atoms. The molecule has 0 amide bonds. The van der Waals surface area contributed by atoms with Gasteiger partial charge in [-0.3, -0.25) is 13.7 Å². The van der Waals surface area contributed by atoms with Crippen LogP contribution in [-0.4, -0.2) is 19.8 Å². The van der Waals surface area contributed by atoms with Crippen molar-refractivity contribution >= 4 is 22.9 Å². The zero-order valence-electron chi connectivity index (χ0n) is 12.0. The third-order valence-corrected chi connectivity index (χ3v) is 4.09. The van der Waals surface area contributed by atoms with Crippen molar-refractivity contribution in [2.24, 2.45) is 0 Å². The summed E-state index contributed by atoms with van der Waals surface area (Å²) in [6, 6.07) is 15.2. The first-order valence-corrected chi connectivity index (χ1v) is 7.79. The van der Waals surface area contributed by atoms with E-state index in [9.17, 15) is 13.6 Å². The number of anilines is 1. The van der Waals surface area contributed by atoms with Gasteiger partial charge in [0, 0.05) is 0 Å². The van der Waals surface area contributed by atoms with Gasteiger partial charge in [0.15, 0.2) is 0 Å². The van der Waals surface area contributed by atoms with Crippen LogP contribution in [0.3, 0.4) is 0 Å². The van der Waals surface area contributed by atoms with E-state index in [0.29, 0.717) is 11.3 Å². The summed E-state index contributed by atoms with van der Waals surface area (Å²) < 4.78 is 22.7. The number of rotatable bonds is 6. The van der Waals surface area contributed by atoms with E-state index in [1.165, 1.54) is 4.31 Å². The number of aliphatic carboxylic acids is 1. The van der Waals surface area contributed by atoms with Gasteiger partial charge in [0.25, 0.3) is 11.3 Å². The van der Waals surface area contributed by atoms with E-state index in [1.807, 2.05) is 25.1 Å².